The minimum Gasteiger partial charge on any atom is -0.396 e. The molecule has 0 aliphatic carbocycles. The van der Waals surface area contributed by atoms with Crippen LogP contribution in [0.25, 0.3) is 0 Å². The summed E-state index contributed by atoms with van der Waals surface area (Å²) in [5, 5.41) is 8.91. The molecule has 4 nitrogen and oxygen atoms in total. The Morgan fingerprint density at radius 3 is 2.29 bits per heavy atom. The third kappa shape index (κ3) is 4.80. The number of benzene rings is 1. The summed E-state index contributed by atoms with van der Waals surface area (Å²) in [7, 11) is -3.45. The van der Waals surface area contributed by atoms with E-state index in [1.165, 1.54) is 0 Å². The van der Waals surface area contributed by atoms with Crippen LogP contribution in [-0.2, 0) is 16.4 Å². The summed E-state index contributed by atoms with van der Waals surface area (Å²) in [5.74, 6) is 0. The molecule has 0 bridgehead atoms. The van der Waals surface area contributed by atoms with E-state index in [9.17, 15) is 8.42 Å². The van der Waals surface area contributed by atoms with E-state index in [1.54, 1.807) is 28.6 Å². The molecule has 0 spiro atoms. The van der Waals surface area contributed by atoms with Crippen LogP contribution >= 0.6 is 0 Å². The normalized spacial score (nSPS) is 13.6. The quantitative estimate of drug-likeness (QED) is 0.762. The van der Waals surface area contributed by atoms with E-state index in [2.05, 4.69) is 6.92 Å². The van der Waals surface area contributed by atoms with Crippen molar-refractivity contribution in [1.82, 2.24) is 4.31 Å². The first-order valence-corrected chi connectivity index (χ1v) is 9.13. The molecule has 0 saturated carbocycles. The Bertz CT molecular complexity index is 511. The van der Waals surface area contributed by atoms with E-state index in [0.29, 0.717) is 17.9 Å². The fourth-order valence-corrected chi connectivity index (χ4v) is 3.93. The van der Waals surface area contributed by atoms with Gasteiger partial charge in [-0.3, -0.25) is 0 Å². The smallest absolute Gasteiger partial charge is 0.243 e. The van der Waals surface area contributed by atoms with Crippen LogP contribution in [0.4, 0.5) is 0 Å². The van der Waals surface area contributed by atoms with E-state index in [4.69, 9.17) is 5.11 Å². The summed E-state index contributed by atoms with van der Waals surface area (Å²) in [4.78, 5) is 0.334. The lowest BCUT2D eigenvalue weighted by atomic mass is 10.2. The lowest BCUT2D eigenvalue weighted by Crippen LogP contribution is -2.39. The Morgan fingerprint density at radius 1 is 1.19 bits per heavy atom. The van der Waals surface area contributed by atoms with Gasteiger partial charge in [0.2, 0.25) is 10.0 Å². The van der Waals surface area contributed by atoms with Crippen LogP contribution in [0.2, 0.25) is 0 Å². The average molecular weight is 313 g/mol. The monoisotopic (exact) mass is 313 g/mol. The Morgan fingerprint density at radius 2 is 1.81 bits per heavy atom. The minimum absolute atomic E-state index is 0.00123. The molecule has 1 atom stereocenters. The van der Waals surface area contributed by atoms with Crippen molar-refractivity contribution in [3.63, 3.8) is 0 Å². The van der Waals surface area contributed by atoms with Crippen molar-refractivity contribution in [1.29, 1.82) is 0 Å². The van der Waals surface area contributed by atoms with Gasteiger partial charge in [0.05, 0.1) is 4.90 Å². The van der Waals surface area contributed by atoms with Crippen molar-refractivity contribution in [3.05, 3.63) is 29.8 Å². The summed E-state index contributed by atoms with van der Waals surface area (Å²) in [6, 6.07) is 6.83. The predicted octanol–water partition coefficient (Wildman–Crippen LogP) is 2.81. The van der Waals surface area contributed by atoms with Gasteiger partial charge in [-0.15, -0.1) is 0 Å². The molecule has 1 unspecified atom stereocenters. The van der Waals surface area contributed by atoms with Gasteiger partial charge in [0.15, 0.2) is 0 Å². The van der Waals surface area contributed by atoms with Crippen molar-refractivity contribution < 1.29 is 13.5 Å². The van der Waals surface area contributed by atoms with Gasteiger partial charge in [-0.25, -0.2) is 8.42 Å². The van der Waals surface area contributed by atoms with Crippen LogP contribution in [0.15, 0.2) is 29.2 Å². The van der Waals surface area contributed by atoms with Crippen LogP contribution in [0, 0.1) is 0 Å². The first-order valence-electron chi connectivity index (χ1n) is 7.69. The second-order valence-corrected chi connectivity index (χ2v) is 7.23. The molecule has 0 aliphatic rings. The number of rotatable bonds is 9. The Hall–Kier alpha value is -0.910. The Labute approximate surface area is 128 Å². The van der Waals surface area contributed by atoms with Gasteiger partial charge in [-0.05, 0) is 43.9 Å². The highest BCUT2D eigenvalue weighted by Crippen LogP contribution is 2.21. The molecular weight excluding hydrogens is 286 g/mol. The summed E-state index contributed by atoms with van der Waals surface area (Å²) in [6.45, 7) is 6.65. The molecule has 1 aromatic rings. The molecular formula is C16H27NO3S. The molecule has 0 heterocycles. The topological polar surface area (TPSA) is 57.6 Å². The Kier molecular flexibility index (Phi) is 7.35. The molecule has 0 aromatic heterocycles. The molecule has 0 amide bonds. The zero-order valence-corrected chi connectivity index (χ0v) is 14.1. The highest BCUT2D eigenvalue weighted by atomic mass is 32.2. The van der Waals surface area contributed by atoms with Crippen LogP contribution < -0.4 is 0 Å². The predicted molar refractivity (Wildman–Crippen MR) is 85.8 cm³/mol. The molecule has 21 heavy (non-hydrogen) atoms. The molecule has 120 valence electrons. The van der Waals surface area contributed by atoms with Crippen LogP contribution in [0.5, 0.6) is 0 Å². The fraction of sp³-hybridized carbons (Fsp3) is 0.625. The maximum atomic E-state index is 12.8. The molecule has 1 aromatic carbocycles. The molecule has 0 aliphatic heterocycles. The number of hydrogen-bond acceptors (Lipinski definition) is 3. The molecule has 1 rings (SSSR count). The highest BCUT2D eigenvalue weighted by Gasteiger charge is 2.27. The lowest BCUT2D eigenvalue weighted by molar-refractivity contribution is 0.299. The number of nitrogens with zero attached hydrogens (tertiary/aromatic N) is 1. The number of unbranched alkanes of at least 4 members (excludes halogenated alkanes) is 1. The largest absolute Gasteiger partial charge is 0.396 e. The Balaban J connectivity index is 3.03. The van der Waals surface area contributed by atoms with Gasteiger partial charge in [-0.1, -0.05) is 32.4 Å². The highest BCUT2D eigenvalue weighted by molar-refractivity contribution is 7.89. The standard InChI is InChI=1S/C16H27NO3S/c1-4-6-12-17(14(3)5-2)21(19,20)16-9-7-15(8-10-16)11-13-18/h7-10,14,18H,4-6,11-13H2,1-3H3. The molecule has 0 fully saturated rings. The lowest BCUT2D eigenvalue weighted by Gasteiger charge is -2.27. The summed E-state index contributed by atoms with van der Waals surface area (Å²) in [5.41, 5.74) is 0.945. The van der Waals surface area contributed by atoms with E-state index in [1.807, 2.05) is 13.8 Å². The number of aliphatic hydroxyl groups excluding tert-OH is 1. The molecule has 1 N–H and O–H groups in total. The number of aliphatic hydroxyl groups is 1. The molecule has 0 radical (unpaired) electrons. The van der Waals surface area contributed by atoms with E-state index >= 15 is 0 Å². The van der Waals surface area contributed by atoms with Gasteiger partial charge in [-0.2, -0.15) is 4.31 Å². The summed E-state index contributed by atoms with van der Waals surface area (Å²) < 4.78 is 27.2. The molecule has 5 heteroatoms. The third-order valence-electron chi connectivity index (χ3n) is 3.74. The van der Waals surface area contributed by atoms with E-state index in [0.717, 1.165) is 24.8 Å². The minimum atomic E-state index is -3.45. The average Bonchev–Trinajstić information content (AvgIpc) is 2.48. The van der Waals surface area contributed by atoms with E-state index < -0.39 is 10.0 Å². The number of sulfonamides is 1. The van der Waals surface area contributed by atoms with Crippen molar-refractivity contribution in [2.45, 2.75) is 57.4 Å². The first-order chi connectivity index (χ1) is 9.97. The van der Waals surface area contributed by atoms with Gasteiger partial charge < -0.3 is 5.11 Å². The van der Waals surface area contributed by atoms with Crippen molar-refractivity contribution in [3.8, 4) is 0 Å². The SMILES string of the molecule is CCCCN(C(C)CC)S(=O)(=O)c1ccc(CCO)cc1. The maximum absolute atomic E-state index is 12.8. The van der Waals surface area contributed by atoms with Gasteiger partial charge in [0, 0.05) is 19.2 Å². The van der Waals surface area contributed by atoms with Crippen molar-refractivity contribution >= 4 is 10.0 Å². The van der Waals surface area contributed by atoms with Crippen molar-refractivity contribution in [2.75, 3.05) is 13.2 Å². The third-order valence-corrected chi connectivity index (χ3v) is 5.77. The van der Waals surface area contributed by atoms with Crippen molar-refractivity contribution in [2.24, 2.45) is 0 Å². The zero-order chi connectivity index (χ0) is 15.9. The van der Waals surface area contributed by atoms with E-state index in [-0.39, 0.29) is 12.6 Å². The zero-order valence-electron chi connectivity index (χ0n) is 13.2. The number of hydrogen-bond donors (Lipinski definition) is 1. The summed E-state index contributed by atoms with van der Waals surface area (Å²) in [6.07, 6.45) is 3.18. The maximum Gasteiger partial charge on any atom is 0.243 e. The first kappa shape index (κ1) is 18.1. The fourth-order valence-electron chi connectivity index (χ4n) is 2.19. The second-order valence-electron chi connectivity index (χ2n) is 5.34. The van der Waals surface area contributed by atoms with Crippen LogP contribution in [0.3, 0.4) is 0 Å². The van der Waals surface area contributed by atoms with Crippen LogP contribution in [0.1, 0.15) is 45.6 Å². The van der Waals surface area contributed by atoms with Crippen LogP contribution in [-0.4, -0.2) is 37.0 Å². The molecule has 0 saturated heterocycles. The van der Waals surface area contributed by atoms with Gasteiger partial charge in [0.25, 0.3) is 0 Å². The summed E-state index contributed by atoms with van der Waals surface area (Å²) >= 11 is 0. The second kappa shape index (κ2) is 8.51. The van der Waals surface area contributed by atoms with Gasteiger partial charge >= 0.3 is 0 Å². The van der Waals surface area contributed by atoms with Gasteiger partial charge in [0.1, 0.15) is 0 Å².